The van der Waals surface area contributed by atoms with Crippen molar-refractivity contribution in [1.82, 2.24) is 25.0 Å². The van der Waals surface area contributed by atoms with Crippen molar-refractivity contribution >= 4 is 11.8 Å². The second kappa shape index (κ2) is 8.50. The van der Waals surface area contributed by atoms with Gasteiger partial charge in [-0.15, -0.1) is 0 Å². The van der Waals surface area contributed by atoms with Crippen LogP contribution in [-0.2, 0) is 6.54 Å². The van der Waals surface area contributed by atoms with Crippen molar-refractivity contribution in [2.24, 2.45) is 4.99 Å². The fourth-order valence-corrected chi connectivity index (χ4v) is 3.05. The fourth-order valence-electron chi connectivity index (χ4n) is 3.05. The molecule has 134 valence electrons. The lowest BCUT2D eigenvalue weighted by Crippen LogP contribution is -2.52. The molecule has 25 heavy (non-hydrogen) atoms. The summed E-state index contributed by atoms with van der Waals surface area (Å²) in [5, 5.41) is 7.79. The molecule has 0 bridgehead atoms. The Kier molecular flexibility index (Phi) is 5.87. The standard InChI is InChI=1S/C18H27N7/c1-16-14-22-25(15-16)9-5-8-21-18(19-2)24-12-10-23(11-13-24)17-6-3-4-7-20-17/h3-4,6-7,14-15H,5,8-13H2,1-2H3,(H,19,21). The predicted molar refractivity (Wildman–Crippen MR) is 101 cm³/mol. The summed E-state index contributed by atoms with van der Waals surface area (Å²) >= 11 is 0. The molecule has 1 saturated heterocycles. The third-order valence-electron chi connectivity index (χ3n) is 4.37. The summed E-state index contributed by atoms with van der Waals surface area (Å²) in [6.45, 7) is 7.71. The molecule has 0 radical (unpaired) electrons. The molecule has 0 spiro atoms. The van der Waals surface area contributed by atoms with Crippen molar-refractivity contribution in [3.05, 3.63) is 42.4 Å². The molecule has 2 aromatic heterocycles. The maximum atomic E-state index is 4.44. The Balaban J connectivity index is 1.41. The Labute approximate surface area is 149 Å². The van der Waals surface area contributed by atoms with Crippen LogP contribution in [-0.4, -0.2) is 65.4 Å². The zero-order valence-corrected chi connectivity index (χ0v) is 15.1. The number of hydrogen-bond donors (Lipinski definition) is 1. The van der Waals surface area contributed by atoms with Gasteiger partial charge in [0.25, 0.3) is 0 Å². The smallest absolute Gasteiger partial charge is 0.193 e. The van der Waals surface area contributed by atoms with Crippen molar-refractivity contribution in [2.75, 3.05) is 44.7 Å². The topological polar surface area (TPSA) is 61.6 Å². The number of aromatic nitrogens is 3. The highest BCUT2D eigenvalue weighted by Crippen LogP contribution is 2.12. The predicted octanol–water partition coefficient (Wildman–Crippen LogP) is 1.37. The molecule has 7 heteroatoms. The van der Waals surface area contributed by atoms with E-state index in [1.165, 1.54) is 5.56 Å². The maximum absolute atomic E-state index is 4.44. The van der Waals surface area contributed by atoms with Gasteiger partial charge in [0, 0.05) is 58.7 Å². The SMILES string of the molecule is CN=C(NCCCn1cc(C)cn1)N1CCN(c2ccccn2)CC1. The minimum absolute atomic E-state index is 0.895. The molecule has 1 fully saturated rings. The number of aryl methyl sites for hydroxylation is 2. The number of nitrogens with zero attached hydrogens (tertiary/aromatic N) is 6. The molecule has 1 N–H and O–H groups in total. The van der Waals surface area contributed by atoms with Crippen LogP contribution in [0.1, 0.15) is 12.0 Å². The highest BCUT2D eigenvalue weighted by molar-refractivity contribution is 5.80. The average Bonchev–Trinajstić information content (AvgIpc) is 3.08. The number of piperazine rings is 1. The van der Waals surface area contributed by atoms with E-state index in [4.69, 9.17) is 0 Å². The Morgan fingerprint density at radius 1 is 1.24 bits per heavy atom. The van der Waals surface area contributed by atoms with E-state index in [0.29, 0.717) is 0 Å². The highest BCUT2D eigenvalue weighted by Gasteiger charge is 2.20. The van der Waals surface area contributed by atoms with Crippen molar-refractivity contribution < 1.29 is 0 Å². The summed E-state index contributed by atoms with van der Waals surface area (Å²) in [7, 11) is 1.85. The Hall–Kier alpha value is -2.57. The first-order valence-corrected chi connectivity index (χ1v) is 8.87. The van der Waals surface area contributed by atoms with E-state index in [9.17, 15) is 0 Å². The third-order valence-corrected chi connectivity index (χ3v) is 4.37. The van der Waals surface area contributed by atoms with E-state index in [1.54, 1.807) is 0 Å². The van der Waals surface area contributed by atoms with E-state index in [-0.39, 0.29) is 0 Å². The summed E-state index contributed by atoms with van der Waals surface area (Å²) in [5.74, 6) is 2.04. The normalized spacial score (nSPS) is 15.5. The quantitative estimate of drug-likeness (QED) is 0.506. The van der Waals surface area contributed by atoms with Crippen molar-refractivity contribution in [3.63, 3.8) is 0 Å². The average molecular weight is 341 g/mol. The van der Waals surface area contributed by atoms with Crippen LogP contribution < -0.4 is 10.2 Å². The molecule has 7 nitrogen and oxygen atoms in total. The Morgan fingerprint density at radius 3 is 2.72 bits per heavy atom. The van der Waals surface area contributed by atoms with Gasteiger partial charge in [-0.3, -0.25) is 9.67 Å². The lowest BCUT2D eigenvalue weighted by molar-refractivity contribution is 0.370. The molecular formula is C18H27N7. The van der Waals surface area contributed by atoms with Crippen LogP contribution in [0.2, 0.25) is 0 Å². The van der Waals surface area contributed by atoms with Crippen LogP contribution in [0, 0.1) is 6.92 Å². The number of pyridine rings is 1. The molecule has 2 aromatic rings. The molecule has 1 aliphatic heterocycles. The maximum Gasteiger partial charge on any atom is 0.193 e. The fraction of sp³-hybridized carbons (Fsp3) is 0.500. The van der Waals surface area contributed by atoms with Gasteiger partial charge in [-0.05, 0) is 31.0 Å². The molecule has 1 aliphatic rings. The van der Waals surface area contributed by atoms with Crippen molar-refractivity contribution in [2.45, 2.75) is 19.9 Å². The molecule has 3 heterocycles. The van der Waals surface area contributed by atoms with Crippen LogP contribution in [0.25, 0.3) is 0 Å². The Morgan fingerprint density at radius 2 is 2.08 bits per heavy atom. The van der Waals surface area contributed by atoms with Crippen LogP contribution in [0.15, 0.2) is 41.8 Å². The molecule has 0 atom stereocenters. The molecule has 0 aliphatic carbocycles. The molecule has 0 unspecified atom stereocenters. The lowest BCUT2D eigenvalue weighted by Gasteiger charge is -2.37. The number of hydrogen-bond acceptors (Lipinski definition) is 4. The zero-order valence-electron chi connectivity index (χ0n) is 15.1. The van der Waals surface area contributed by atoms with Crippen molar-refractivity contribution in [1.29, 1.82) is 0 Å². The van der Waals surface area contributed by atoms with E-state index in [2.05, 4.69) is 49.4 Å². The number of guanidine groups is 1. The second-order valence-electron chi connectivity index (χ2n) is 6.27. The van der Waals surface area contributed by atoms with Crippen molar-refractivity contribution in [3.8, 4) is 0 Å². The van der Waals surface area contributed by atoms with Crippen LogP contribution in [0.3, 0.4) is 0 Å². The molecular weight excluding hydrogens is 314 g/mol. The van der Waals surface area contributed by atoms with Gasteiger partial charge in [-0.2, -0.15) is 5.10 Å². The van der Waals surface area contributed by atoms with Gasteiger partial charge in [-0.1, -0.05) is 6.07 Å². The molecule has 0 aromatic carbocycles. The number of aliphatic imine (C=N–C) groups is 1. The van der Waals surface area contributed by atoms with E-state index in [0.717, 1.165) is 57.5 Å². The minimum atomic E-state index is 0.895. The van der Waals surface area contributed by atoms with Gasteiger partial charge in [0.05, 0.1) is 6.20 Å². The first-order valence-electron chi connectivity index (χ1n) is 8.87. The second-order valence-corrected chi connectivity index (χ2v) is 6.27. The minimum Gasteiger partial charge on any atom is -0.356 e. The largest absolute Gasteiger partial charge is 0.356 e. The first kappa shape index (κ1) is 17.3. The number of rotatable bonds is 5. The number of anilines is 1. The summed E-state index contributed by atoms with van der Waals surface area (Å²) in [5.41, 5.74) is 1.20. The van der Waals surface area contributed by atoms with Crippen LogP contribution >= 0.6 is 0 Å². The van der Waals surface area contributed by atoms with Crippen LogP contribution in [0.5, 0.6) is 0 Å². The van der Waals surface area contributed by atoms with E-state index in [1.807, 2.05) is 36.3 Å². The van der Waals surface area contributed by atoms with Gasteiger partial charge >= 0.3 is 0 Å². The van der Waals surface area contributed by atoms with Gasteiger partial charge in [0.15, 0.2) is 5.96 Å². The molecule has 3 rings (SSSR count). The van der Waals surface area contributed by atoms with Gasteiger partial charge < -0.3 is 15.1 Å². The van der Waals surface area contributed by atoms with Gasteiger partial charge in [-0.25, -0.2) is 4.98 Å². The van der Waals surface area contributed by atoms with Gasteiger partial charge in [0.2, 0.25) is 0 Å². The van der Waals surface area contributed by atoms with Gasteiger partial charge in [0.1, 0.15) is 5.82 Å². The molecule has 0 saturated carbocycles. The highest BCUT2D eigenvalue weighted by atomic mass is 15.4. The summed E-state index contributed by atoms with van der Waals surface area (Å²) < 4.78 is 1.99. The third kappa shape index (κ3) is 4.71. The monoisotopic (exact) mass is 341 g/mol. The van der Waals surface area contributed by atoms with E-state index < -0.39 is 0 Å². The first-order chi connectivity index (χ1) is 12.3. The zero-order chi connectivity index (χ0) is 17.5. The molecule has 0 amide bonds. The summed E-state index contributed by atoms with van der Waals surface area (Å²) in [6, 6.07) is 6.06. The van der Waals surface area contributed by atoms with Crippen LogP contribution in [0.4, 0.5) is 5.82 Å². The Bertz CT molecular complexity index is 672. The lowest BCUT2D eigenvalue weighted by atomic mass is 10.3. The number of nitrogens with one attached hydrogen (secondary N) is 1. The summed E-state index contributed by atoms with van der Waals surface area (Å²) in [6.07, 6.45) is 6.84. The summed E-state index contributed by atoms with van der Waals surface area (Å²) in [4.78, 5) is 13.5. The van der Waals surface area contributed by atoms with E-state index >= 15 is 0 Å².